The third kappa shape index (κ3) is 3.53. The van der Waals surface area contributed by atoms with Crippen LogP contribution in [-0.4, -0.2) is 60.8 Å². The van der Waals surface area contributed by atoms with Crippen LogP contribution < -0.4 is 5.32 Å². The number of carbonyl (C=O) groups excluding carboxylic acids is 1. The molecule has 136 valence electrons. The molecule has 4 rings (SSSR count). The lowest BCUT2D eigenvalue weighted by molar-refractivity contribution is 0.0776. The van der Waals surface area contributed by atoms with Crippen LogP contribution in [0.15, 0.2) is 30.3 Å². The van der Waals surface area contributed by atoms with Crippen LogP contribution in [0.2, 0.25) is 0 Å². The lowest BCUT2D eigenvalue weighted by atomic mass is 9.99. The molecule has 1 aromatic rings. The first-order valence-electron chi connectivity index (χ1n) is 9.66. The Labute approximate surface area is 150 Å². The highest BCUT2D eigenvalue weighted by Crippen LogP contribution is 2.30. The Hall–Kier alpha value is -1.59. The molecule has 3 fully saturated rings. The number of ether oxygens (including phenoxy) is 1. The fourth-order valence-corrected chi connectivity index (χ4v) is 4.63. The smallest absolute Gasteiger partial charge is 0.318 e. The molecule has 2 bridgehead atoms. The predicted molar refractivity (Wildman–Crippen MR) is 97.5 cm³/mol. The minimum Gasteiger partial charge on any atom is -0.376 e. The molecule has 0 radical (unpaired) electrons. The summed E-state index contributed by atoms with van der Waals surface area (Å²) in [6.45, 7) is 2.48. The molecule has 4 atom stereocenters. The Bertz CT molecular complexity index is 588. The fourth-order valence-electron chi connectivity index (χ4n) is 4.63. The number of likely N-dealkylation sites (tertiary alicyclic amines) is 1. The molecule has 3 saturated heterocycles. The largest absolute Gasteiger partial charge is 0.376 e. The first kappa shape index (κ1) is 16.9. The van der Waals surface area contributed by atoms with Gasteiger partial charge in [0.1, 0.15) is 0 Å². The van der Waals surface area contributed by atoms with E-state index in [2.05, 4.69) is 29.4 Å². The number of amides is 2. The highest BCUT2D eigenvalue weighted by Gasteiger charge is 2.37. The van der Waals surface area contributed by atoms with Crippen LogP contribution in [0.25, 0.3) is 0 Å². The molecular weight excluding hydrogens is 314 g/mol. The van der Waals surface area contributed by atoms with E-state index in [9.17, 15) is 4.79 Å². The van der Waals surface area contributed by atoms with E-state index in [1.807, 2.05) is 23.1 Å². The zero-order valence-electron chi connectivity index (χ0n) is 15.1. The van der Waals surface area contributed by atoms with Gasteiger partial charge in [-0.3, -0.25) is 4.90 Å². The summed E-state index contributed by atoms with van der Waals surface area (Å²) in [7, 11) is 2.21. The molecule has 0 aromatic heterocycles. The van der Waals surface area contributed by atoms with Crippen molar-refractivity contribution in [2.45, 2.75) is 56.3 Å². The van der Waals surface area contributed by atoms with Crippen molar-refractivity contribution < 1.29 is 9.53 Å². The van der Waals surface area contributed by atoms with Gasteiger partial charge in [0.2, 0.25) is 0 Å². The number of hydrogen-bond acceptors (Lipinski definition) is 3. The summed E-state index contributed by atoms with van der Waals surface area (Å²) in [5.74, 6) is 0. The van der Waals surface area contributed by atoms with Crippen molar-refractivity contribution in [2.75, 3.05) is 26.7 Å². The van der Waals surface area contributed by atoms with Crippen LogP contribution in [0.5, 0.6) is 0 Å². The number of benzene rings is 1. The SMILES string of the molecule is CN1[C@H]2CC[C@H]1CN(C(=O)N[C@H](c1ccccc1)[C@H]1CCCO1)CC2. The second-order valence-corrected chi connectivity index (χ2v) is 7.67. The van der Waals surface area contributed by atoms with Crippen molar-refractivity contribution in [2.24, 2.45) is 0 Å². The van der Waals surface area contributed by atoms with Gasteiger partial charge >= 0.3 is 6.03 Å². The average molecular weight is 343 g/mol. The van der Waals surface area contributed by atoms with E-state index in [-0.39, 0.29) is 18.2 Å². The molecule has 5 heteroatoms. The third-order valence-corrected chi connectivity index (χ3v) is 6.21. The zero-order chi connectivity index (χ0) is 17.2. The van der Waals surface area contributed by atoms with Crippen molar-refractivity contribution in [1.29, 1.82) is 0 Å². The molecule has 5 nitrogen and oxygen atoms in total. The Balaban J connectivity index is 1.47. The topological polar surface area (TPSA) is 44.8 Å². The van der Waals surface area contributed by atoms with Crippen molar-refractivity contribution in [3.8, 4) is 0 Å². The maximum Gasteiger partial charge on any atom is 0.318 e. The van der Waals surface area contributed by atoms with E-state index in [1.165, 1.54) is 12.8 Å². The van der Waals surface area contributed by atoms with E-state index in [1.54, 1.807) is 0 Å². The molecule has 2 amide bonds. The van der Waals surface area contributed by atoms with E-state index >= 15 is 0 Å². The molecule has 0 saturated carbocycles. The zero-order valence-corrected chi connectivity index (χ0v) is 15.1. The average Bonchev–Trinajstić information content (AvgIpc) is 3.22. The van der Waals surface area contributed by atoms with E-state index in [4.69, 9.17) is 4.74 Å². The molecule has 3 aliphatic rings. The number of fused-ring (bicyclic) bond motifs is 2. The number of likely N-dealkylation sites (N-methyl/N-ethyl adjacent to an activating group) is 1. The molecule has 3 aliphatic heterocycles. The maximum absolute atomic E-state index is 13.0. The van der Waals surface area contributed by atoms with Gasteiger partial charge in [-0.25, -0.2) is 4.79 Å². The van der Waals surface area contributed by atoms with Gasteiger partial charge in [-0.05, 0) is 44.7 Å². The number of nitrogens with one attached hydrogen (secondary N) is 1. The second-order valence-electron chi connectivity index (χ2n) is 7.67. The van der Waals surface area contributed by atoms with Crippen molar-refractivity contribution in [3.05, 3.63) is 35.9 Å². The minimum absolute atomic E-state index is 0.0605. The van der Waals surface area contributed by atoms with Gasteiger partial charge in [-0.1, -0.05) is 30.3 Å². The van der Waals surface area contributed by atoms with Gasteiger partial charge in [-0.15, -0.1) is 0 Å². The van der Waals surface area contributed by atoms with E-state index in [0.717, 1.165) is 44.5 Å². The number of carbonyl (C=O) groups is 1. The predicted octanol–water partition coefficient (Wildman–Crippen LogP) is 2.78. The molecule has 0 spiro atoms. The van der Waals surface area contributed by atoms with Crippen molar-refractivity contribution in [1.82, 2.24) is 15.1 Å². The van der Waals surface area contributed by atoms with Gasteiger partial charge in [0, 0.05) is 31.8 Å². The summed E-state index contributed by atoms with van der Waals surface area (Å²) in [5, 5.41) is 3.29. The van der Waals surface area contributed by atoms with Gasteiger partial charge in [-0.2, -0.15) is 0 Å². The summed E-state index contributed by atoms with van der Waals surface area (Å²) in [6.07, 6.45) is 5.72. The molecule has 1 N–H and O–H groups in total. The molecule has 3 heterocycles. The van der Waals surface area contributed by atoms with Gasteiger partial charge in [0.25, 0.3) is 0 Å². The van der Waals surface area contributed by atoms with Crippen LogP contribution in [0.1, 0.15) is 43.7 Å². The lowest BCUT2D eigenvalue weighted by Gasteiger charge is -2.30. The molecule has 0 unspecified atom stereocenters. The summed E-state index contributed by atoms with van der Waals surface area (Å²) in [5.41, 5.74) is 1.14. The monoisotopic (exact) mass is 343 g/mol. The number of nitrogens with zero attached hydrogens (tertiary/aromatic N) is 2. The summed E-state index contributed by atoms with van der Waals surface area (Å²) in [4.78, 5) is 17.5. The van der Waals surface area contributed by atoms with Crippen LogP contribution in [0, 0.1) is 0 Å². The lowest BCUT2D eigenvalue weighted by Crippen LogP contribution is -2.47. The van der Waals surface area contributed by atoms with Crippen LogP contribution >= 0.6 is 0 Å². The normalized spacial score (nSPS) is 30.9. The first-order chi connectivity index (χ1) is 12.2. The number of urea groups is 1. The Morgan fingerprint density at radius 1 is 1.16 bits per heavy atom. The quantitative estimate of drug-likeness (QED) is 0.918. The highest BCUT2D eigenvalue weighted by atomic mass is 16.5. The maximum atomic E-state index is 13.0. The fraction of sp³-hybridized carbons (Fsp3) is 0.650. The summed E-state index contributed by atoms with van der Waals surface area (Å²) < 4.78 is 5.91. The van der Waals surface area contributed by atoms with Gasteiger partial charge in [0.05, 0.1) is 12.1 Å². The van der Waals surface area contributed by atoms with E-state index in [0.29, 0.717) is 12.1 Å². The van der Waals surface area contributed by atoms with Gasteiger partial charge in [0.15, 0.2) is 0 Å². The standard InChI is InChI=1S/C20H29N3O2/c1-22-16-9-10-17(22)14-23(12-11-16)20(24)21-19(18-8-5-13-25-18)15-6-3-2-4-7-15/h2-4,6-7,16-19H,5,8-14H2,1H3,(H,21,24)/t16-,17-,18+,19+/m0/s1. The van der Waals surface area contributed by atoms with E-state index < -0.39 is 0 Å². The summed E-state index contributed by atoms with van der Waals surface area (Å²) in [6, 6.07) is 11.4. The molecule has 1 aromatic carbocycles. The van der Waals surface area contributed by atoms with Crippen LogP contribution in [-0.2, 0) is 4.74 Å². The Morgan fingerprint density at radius 2 is 1.96 bits per heavy atom. The van der Waals surface area contributed by atoms with Crippen molar-refractivity contribution in [3.63, 3.8) is 0 Å². The van der Waals surface area contributed by atoms with Crippen molar-refractivity contribution >= 4 is 6.03 Å². The molecule has 0 aliphatic carbocycles. The Kier molecular flexibility index (Phi) is 4.95. The number of hydrogen-bond donors (Lipinski definition) is 1. The third-order valence-electron chi connectivity index (χ3n) is 6.21. The second kappa shape index (κ2) is 7.34. The van der Waals surface area contributed by atoms with Crippen LogP contribution in [0.3, 0.4) is 0 Å². The first-order valence-corrected chi connectivity index (χ1v) is 9.66. The number of rotatable bonds is 3. The van der Waals surface area contributed by atoms with Crippen LogP contribution in [0.4, 0.5) is 4.79 Å². The minimum atomic E-state index is -0.0608. The summed E-state index contributed by atoms with van der Waals surface area (Å²) >= 11 is 0. The Morgan fingerprint density at radius 3 is 2.72 bits per heavy atom. The highest BCUT2D eigenvalue weighted by molar-refractivity contribution is 5.75. The molecular formula is C20H29N3O2. The molecule has 25 heavy (non-hydrogen) atoms. The van der Waals surface area contributed by atoms with Gasteiger partial charge < -0.3 is 15.0 Å².